The van der Waals surface area contributed by atoms with E-state index in [-0.39, 0.29) is 23.7 Å². The van der Waals surface area contributed by atoms with Crippen LogP contribution in [0.25, 0.3) is 0 Å². The highest BCUT2D eigenvalue weighted by molar-refractivity contribution is 5.86. The lowest BCUT2D eigenvalue weighted by Crippen LogP contribution is -2.55. The van der Waals surface area contributed by atoms with Crippen molar-refractivity contribution in [3.63, 3.8) is 0 Å². The van der Waals surface area contributed by atoms with Crippen LogP contribution in [-0.2, 0) is 16.0 Å². The van der Waals surface area contributed by atoms with E-state index in [2.05, 4.69) is 35.2 Å². The summed E-state index contributed by atoms with van der Waals surface area (Å²) < 4.78 is 0. The number of hydrogen-bond acceptors (Lipinski definition) is 3. The molecule has 0 unspecified atom stereocenters. The summed E-state index contributed by atoms with van der Waals surface area (Å²) in [5.74, 6) is -1.55. The average molecular weight is 368 g/mol. The molecule has 3 aliphatic carbocycles. The molecule has 2 bridgehead atoms. The van der Waals surface area contributed by atoms with Crippen LogP contribution < -0.4 is 0 Å². The number of nitrogens with zero attached hydrogens (tertiary/aromatic N) is 2. The molecule has 0 aromatic heterocycles. The van der Waals surface area contributed by atoms with Gasteiger partial charge >= 0.3 is 5.97 Å². The number of rotatable bonds is 5. The summed E-state index contributed by atoms with van der Waals surface area (Å²) in [6.45, 7) is 4.15. The number of hydrogen-bond donors (Lipinski definition) is 1. The van der Waals surface area contributed by atoms with Gasteiger partial charge in [-0.25, -0.2) is 0 Å². The van der Waals surface area contributed by atoms with Crippen molar-refractivity contribution in [2.75, 3.05) is 32.7 Å². The Balaban J connectivity index is 1.33. The van der Waals surface area contributed by atoms with Gasteiger partial charge < -0.3 is 10.0 Å². The topological polar surface area (TPSA) is 60.9 Å². The minimum atomic E-state index is -0.811. The molecule has 1 saturated carbocycles. The van der Waals surface area contributed by atoms with E-state index in [4.69, 9.17) is 0 Å². The smallest absolute Gasteiger partial charge is 0.307 e. The molecule has 27 heavy (non-hydrogen) atoms. The van der Waals surface area contributed by atoms with E-state index in [0.29, 0.717) is 13.1 Å². The predicted molar refractivity (Wildman–Crippen MR) is 103 cm³/mol. The molecule has 2 fully saturated rings. The van der Waals surface area contributed by atoms with E-state index in [0.717, 1.165) is 38.9 Å². The first-order chi connectivity index (χ1) is 13.1. The molecule has 4 aliphatic rings. The summed E-state index contributed by atoms with van der Waals surface area (Å²) in [7, 11) is 0. The molecule has 1 aliphatic heterocycles. The second-order valence-corrected chi connectivity index (χ2v) is 8.08. The summed E-state index contributed by atoms with van der Waals surface area (Å²) in [4.78, 5) is 29.3. The first-order valence-corrected chi connectivity index (χ1v) is 10.1. The minimum Gasteiger partial charge on any atom is -0.481 e. The normalized spacial score (nSPS) is 30.4. The molecule has 1 aromatic carbocycles. The van der Waals surface area contributed by atoms with Gasteiger partial charge in [0.15, 0.2) is 0 Å². The van der Waals surface area contributed by atoms with Gasteiger partial charge in [0.25, 0.3) is 0 Å². The standard InChI is InChI=1S/C22H28N2O3/c25-21(19-17-6-8-18(9-7-17)20(19)22(26)27)24-14-12-23(13-15-24)11-10-16-4-2-1-3-5-16/h1-6,8,17-20H,7,9-15H2,(H,26,27)/t17-,18+,19-,20+/m1/s1. The van der Waals surface area contributed by atoms with E-state index >= 15 is 0 Å². The third-order valence-corrected chi connectivity index (χ3v) is 6.56. The number of carboxylic acid groups (broad SMARTS) is 1. The van der Waals surface area contributed by atoms with Gasteiger partial charge in [-0.05, 0) is 36.7 Å². The van der Waals surface area contributed by atoms with Gasteiger partial charge in [-0.3, -0.25) is 14.5 Å². The third-order valence-electron chi connectivity index (χ3n) is 6.56. The van der Waals surface area contributed by atoms with Crippen LogP contribution in [0, 0.1) is 23.7 Å². The summed E-state index contributed by atoms with van der Waals surface area (Å²) in [6.07, 6.45) is 6.98. The van der Waals surface area contributed by atoms with Crippen LogP contribution in [0.4, 0.5) is 0 Å². The van der Waals surface area contributed by atoms with Gasteiger partial charge in [0.05, 0.1) is 11.8 Å². The number of carbonyl (C=O) groups excluding carboxylic acids is 1. The zero-order valence-electron chi connectivity index (χ0n) is 15.7. The number of amides is 1. The summed E-state index contributed by atoms with van der Waals surface area (Å²) >= 11 is 0. The molecule has 1 heterocycles. The molecule has 1 amide bonds. The maximum absolute atomic E-state index is 13.2. The van der Waals surface area contributed by atoms with Crippen molar-refractivity contribution in [3.05, 3.63) is 48.0 Å². The Morgan fingerprint density at radius 1 is 0.926 bits per heavy atom. The number of benzene rings is 1. The Labute approximate surface area is 160 Å². The van der Waals surface area contributed by atoms with Crippen LogP contribution in [0.15, 0.2) is 42.5 Å². The second-order valence-electron chi connectivity index (χ2n) is 8.08. The van der Waals surface area contributed by atoms with E-state index in [1.54, 1.807) is 0 Å². The Bertz CT molecular complexity index is 710. The molecule has 144 valence electrons. The number of aliphatic carboxylic acids is 1. The molecule has 5 heteroatoms. The number of carboxylic acids is 1. The Morgan fingerprint density at radius 3 is 2.15 bits per heavy atom. The molecule has 1 aromatic rings. The van der Waals surface area contributed by atoms with Crippen molar-refractivity contribution >= 4 is 11.9 Å². The minimum absolute atomic E-state index is 0.0219. The monoisotopic (exact) mass is 368 g/mol. The Morgan fingerprint density at radius 2 is 1.56 bits per heavy atom. The Kier molecular flexibility index (Phi) is 5.30. The van der Waals surface area contributed by atoms with Gasteiger partial charge in [-0.15, -0.1) is 0 Å². The predicted octanol–water partition coefficient (Wildman–Crippen LogP) is 2.29. The van der Waals surface area contributed by atoms with Crippen LogP contribution >= 0.6 is 0 Å². The molecule has 0 radical (unpaired) electrons. The molecular weight excluding hydrogens is 340 g/mol. The highest BCUT2D eigenvalue weighted by atomic mass is 16.4. The molecule has 4 atom stereocenters. The number of carbonyl (C=O) groups is 2. The molecule has 5 nitrogen and oxygen atoms in total. The zero-order valence-corrected chi connectivity index (χ0v) is 15.7. The van der Waals surface area contributed by atoms with Crippen molar-refractivity contribution in [2.45, 2.75) is 19.3 Å². The van der Waals surface area contributed by atoms with Crippen molar-refractivity contribution in [1.82, 2.24) is 9.80 Å². The maximum Gasteiger partial charge on any atom is 0.307 e. The van der Waals surface area contributed by atoms with Gasteiger partial charge in [0.1, 0.15) is 0 Å². The zero-order chi connectivity index (χ0) is 18.8. The van der Waals surface area contributed by atoms with E-state index in [9.17, 15) is 14.7 Å². The quantitative estimate of drug-likeness (QED) is 0.810. The number of allylic oxidation sites excluding steroid dienone is 2. The number of piperazine rings is 1. The molecule has 0 spiro atoms. The van der Waals surface area contributed by atoms with Crippen LogP contribution in [0.3, 0.4) is 0 Å². The summed E-state index contributed by atoms with van der Waals surface area (Å²) in [5.41, 5.74) is 1.34. The summed E-state index contributed by atoms with van der Waals surface area (Å²) in [5, 5.41) is 9.69. The van der Waals surface area contributed by atoms with Crippen molar-refractivity contribution < 1.29 is 14.7 Å². The molecule has 1 saturated heterocycles. The lowest BCUT2D eigenvalue weighted by atomic mass is 9.62. The number of fused-ring (bicyclic) bond motifs is 2. The fourth-order valence-electron chi connectivity index (χ4n) is 5.00. The largest absolute Gasteiger partial charge is 0.481 e. The van der Waals surface area contributed by atoms with Crippen molar-refractivity contribution in [1.29, 1.82) is 0 Å². The van der Waals surface area contributed by atoms with Crippen molar-refractivity contribution in [2.24, 2.45) is 23.7 Å². The fourth-order valence-corrected chi connectivity index (χ4v) is 5.00. The third kappa shape index (κ3) is 3.79. The van der Waals surface area contributed by atoms with Crippen LogP contribution in [-0.4, -0.2) is 59.5 Å². The lowest BCUT2D eigenvalue weighted by Gasteiger charge is -2.45. The maximum atomic E-state index is 13.2. The fraction of sp³-hybridized carbons (Fsp3) is 0.545. The van der Waals surface area contributed by atoms with Gasteiger partial charge in [-0.2, -0.15) is 0 Å². The van der Waals surface area contributed by atoms with E-state index < -0.39 is 11.9 Å². The van der Waals surface area contributed by atoms with E-state index in [1.807, 2.05) is 17.0 Å². The van der Waals surface area contributed by atoms with Crippen LogP contribution in [0.1, 0.15) is 18.4 Å². The van der Waals surface area contributed by atoms with Gasteiger partial charge in [0.2, 0.25) is 5.91 Å². The lowest BCUT2D eigenvalue weighted by molar-refractivity contribution is -0.157. The SMILES string of the molecule is O=C(O)[C@@H]1[C@H](C(=O)N2CCN(CCc3ccccc3)CC2)[C@@H]2C=C[C@H]1CC2. The Hall–Kier alpha value is -2.14. The van der Waals surface area contributed by atoms with Crippen LogP contribution in [0.2, 0.25) is 0 Å². The van der Waals surface area contributed by atoms with Gasteiger partial charge in [0, 0.05) is 32.7 Å². The second kappa shape index (κ2) is 7.85. The van der Waals surface area contributed by atoms with Crippen LogP contribution in [0.5, 0.6) is 0 Å². The molecular formula is C22H28N2O3. The highest BCUT2D eigenvalue weighted by Gasteiger charge is 2.49. The average Bonchev–Trinajstić information content (AvgIpc) is 2.73. The summed E-state index contributed by atoms with van der Waals surface area (Å²) in [6, 6.07) is 10.5. The first kappa shape index (κ1) is 18.2. The van der Waals surface area contributed by atoms with Gasteiger partial charge in [-0.1, -0.05) is 42.5 Å². The van der Waals surface area contributed by atoms with E-state index in [1.165, 1.54) is 5.56 Å². The first-order valence-electron chi connectivity index (χ1n) is 10.1. The molecule has 5 rings (SSSR count). The van der Waals surface area contributed by atoms with Crippen molar-refractivity contribution in [3.8, 4) is 0 Å². The molecule has 1 N–H and O–H groups in total. The highest BCUT2D eigenvalue weighted by Crippen LogP contribution is 2.45.